The number of nitrogen functional groups attached to an aromatic ring is 1. The highest BCUT2D eigenvalue weighted by Crippen LogP contribution is 2.28. The average molecular weight is 500 g/mol. The molecule has 36 heavy (non-hydrogen) atoms. The van der Waals surface area contributed by atoms with E-state index in [0.29, 0.717) is 18.7 Å². The highest BCUT2D eigenvalue weighted by atomic mass is 16.7. The Labute approximate surface area is 206 Å². The number of fused-ring (bicyclic) bond motifs is 1. The molecule has 3 aromatic rings. The van der Waals surface area contributed by atoms with Crippen LogP contribution in [0.5, 0.6) is 5.75 Å². The number of para-hydroxylation sites is 1. The number of aromatic nitrogens is 1. The van der Waals surface area contributed by atoms with Gasteiger partial charge in [-0.05, 0) is 42.3 Å². The first-order valence-corrected chi connectivity index (χ1v) is 11.5. The largest absolute Gasteiger partial charge is 0.462 e. The van der Waals surface area contributed by atoms with Crippen molar-refractivity contribution in [1.29, 1.82) is 0 Å². The van der Waals surface area contributed by atoms with E-state index in [0.717, 1.165) is 16.5 Å². The molecule has 1 amide bonds. The quantitative estimate of drug-likeness (QED) is 0.190. The van der Waals surface area contributed by atoms with Gasteiger partial charge in [0.05, 0.1) is 5.56 Å². The summed E-state index contributed by atoms with van der Waals surface area (Å²) in [4.78, 5) is 26.7. The van der Waals surface area contributed by atoms with Crippen molar-refractivity contribution in [2.75, 3.05) is 18.9 Å². The molecule has 2 heterocycles. The minimum atomic E-state index is -1.60. The maximum atomic E-state index is 12.4. The van der Waals surface area contributed by atoms with Crippen LogP contribution in [-0.2, 0) is 20.7 Å². The van der Waals surface area contributed by atoms with Crippen LogP contribution >= 0.6 is 0 Å². The van der Waals surface area contributed by atoms with Crippen LogP contribution in [0.3, 0.4) is 0 Å². The Balaban J connectivity index is 1.44. The van der Waals surface area contributed by atoms with E-state index in [1.165, 1.54) is 13.0 Å². The number of hydrogen-bond donors (Lipinski definition) is 6. The molecule has 0 spiro atoms. The van der Waals surface area contributed by atoms with E-state index in [2.05, 4.69) is 10.3 Å². The molecular weight excluding hydrogens is 470 g/mol. The third kappa shape index (κ3) is 5.60. The lowest BCUT2D eigenvalue weighted by molar-refractivity contribution is -0.277. The number of nitrogens with one attached hydrogen (secondary N) is 2. The Morgan fingerprint density at radius 2 is 1.89 bits per heavy atom. The van der Waals surface area contributed by atoms with Gasteiger partial charge < -0.3 is 45.6 Å². The van der Waals surface area contributed by atoms with Crippen LogP contribution in [0, 0.1) is 0 Å². The minimum Gasteiger partial charge on any atom is -0.462 e. The lowest BCUT2D eigenvalue weighted by Crippen LogP contribution is -2.60. The molecule has 4 rings (SSSR count). The Morgan fingerprint density at radius 1 is 1.11 bits per heavy atom. The van der Waals surface area contributed by atoms with E-state index >= 15 is 0 Å². The monoisotopic (exact) mass is 499 g/mol. The lowest BCUT2D eigenvalue weighted by atomic mass is 9.99. The maximum Gasteiger partial charge on any atom is 0.340 e. The number of H-pyrrole nitrogens is 1. The van der Waals surface area contributed by atoms with Gasteiger partial charge in [0.15, 0.2) is 0 Å². The van der Waals surface area contributed by atoms with Crippen LogP contribution in [0.1, 0.15) is 22.8 Å². The standard InChI is InChI=1S/C25H29N3O8/c1-13(29)27-9-8-14-11-28-19-7-6-15(10-17(14)19)35-25-23(32)22(31)21(30)20(36-25)12-34-24(33)16-4-2-3-5-18(16)26/h2-7,10-11,20-23,25,28,30-32H,8-9,12,26H2,1H3,(H,27,29)/t20-,21-,22+,23-,25-/m1/s1. The van der Waals surface area contributed by atoms with Crippen molar-refractivity contribution in [3.05, 3.63) is 59.8 Å². The van der Waals surface area contributed by atoms with E-state index < -0.39 is 43.3 Å². The van der Waals surface area contributed by atoms with Gasteiger partial charge in [0.2, 0.25) is 12.2 Å². The number of benzene rings is 2. The number of anilines is 1. The van der Waals surface area contributed by atoms with Gasteiger partial charge in [-0.25, -0.2) is 4.79 Å². The molecule has 1 aromatic heterocycles. The highest BCUT2D eigenvalue weighted by Gasteiger charge is 2.45. The minimum absolute atomic E-state index is 0.115. The Bertz CT molecular complexity index is 1230. The van der Waals surface area contributed by atoms with Gasteiger partial charge in [-0.1, -0.05) is 12.1 Å². The molecule has 0 unspecified atom stereocenters. The molecule has 2 aromatic carbocycles. The van der Waals surface area contributed by atoms with Crippen LogP contribution in [0.4, 0.5) is 5.69 Å². The zero-order chi connectivity index (χ0) is 25.8. The van der Waals surface area contributed by atoms with Gasteiger partial charge in [0.25, 0.3) is 0 Å². The van der Waals surface area contributed by atoms with E-state index in [4.69, 9.17) is 19.9 Å². The third-order valence-corrected chi connectivity index (χ3v) is 5.99. The number of esters is 1. The summed E-state index contributed by atoms with van der Waals surface area (Å²) < 4.78 is 16.7. The third-order valence-electron chi connectivity index (χ3n) is 5.99. The molecule has 0 saturated carbocycles. The smallest absolute Gasteiger partial charge is 0.340 e. The number of amides is 1. The Kier molecular flexibility index (Phi) is 7.75. The van der Waals surface area contributed by atoms with Crippen LogP contribution in [0.15, 0.2) is 48.7 Å². The summed E-state index contributed by atoms with van der Waals surface area (Å²) in [7, 11) is 0. The first-order chi connectivity index (χ1) is 17.2. The fourth-order valence-electron chi connectivity index (χ4n) is 4.02. The normalized spacial score (nSPS) is 23.8. The summed E-state index contributed by atoms with van der Waals surface area (Å²) in [5.74, 6) is -0.481. The molecule has 11 heteroatoms. The predicted octanol–water partition coefficient (Wildman–Crippen LogP) is 0.472. The van der Waals surface area contributed by atoms with Gasteiger partial charge in [-0.15, -0.1) is 0 Å². The number of nitrogens with two attached hydrogens (primary N) is 1. The van der Waals surface area contributed by atoms with E-state index in [9.17, 15) is 24.9 Å². The van der Waals surface area contributed by atoms with Gasteiger partial charge >= 0.3 is 5.97 Å². The molecule has 192 valence electrons. The van der Waals surface area contributed by atoms with Crippen molar-refractivity contribution in [2.45, 2.75) is 44.1 Å². The second-order valence-electron chi connectivity index (χ2n) is 8.57. The topological polar surface area (TPSA) is 176 Å². The molecule has 0 radical (unpaired) electrons. The van der Waals surface area contributed by atoms with E-state index in [-0.39, 0.29) is 17.2 Å². The SMILES string of the molecule is CC(=O)NCCc1c[nH]c2ccc(O[C@@H]3O[C@H](COC(=O)c4ccccc4N)[C@@H](O)[C@H](O)[C@H]3O)cc12. The molecule has 1 fully saturated rings. The van der Waals surface area contributed by atoms with Crippen LogP contribution < -0.4 is 15.8 Å². The van der Waals surface area contributed by atoms with Gasteiger partial charge in [0, 0.05) is 36.3 Å². The van der Waals surface area contributed by atoms with Gasteiger partial charge in [0.1, 0.15) is 36.8 Å². The summed E-state index contributed by atoms with van der Waals surface area (Å²) in [5, 5.41) is 34.8. The van der Waals surface area contributed by atoms with Crippen molar-refractivity contribution < 1.29 is 39.1 Å². The molecule has 5 atom stereocenters. The zero-order valence-corrected chi connectivity index (χ0v) is 19.6. The van der Waals surface area contributed by atoms with Crippen molar-refractivity contribution in [1.82, 2.24) is 10.3 Å². The van der Waals surface area contributed by atoms with Crippen molar-refractivity contribution in [3.63, 3.8) is 0 Å². The second kappa shape index (κ2) is 11.0. The Morgan fingerprint density at radius 3 is 2.64 bits per heavy atom. The van der Waals surface area contributed by atoms with Crippen molar-refractivity contribution >= 4 is 28.5 Å². The van der Waals surface area contributed by atoms with Crippen LogP contribution in [0.2, 0.25) is 0 Å². The van der Waals surface area contributed by atoms with Gasteiger partial charge in [-0.3, -0.25) is 4.79 Å². The number of rotatable bonds is 8. The van der Waals surface area contributed by atoms with Crippen LogP contribution in [0.25, 0.3) is 10.9 Å². The maximum absolute atomic E-state index is 12.4. The fraction of sp³-hybridized carbons (Fsp3) is 0.360. The zero-order valence-electron chi connectivity index (χ0n) is 19.6. The number of carbonyl (C=O) groups is 2. The first kappa shape index (κ1) is 25.5. The average Bonchev–Trinajstić information content (AvgIpc) is 3.25. The number of carbonyl (C=O) groups excluding carboxylic acids is 2. The molecule has 11 nitrogen and oxygen atoms in total. The Hall–Kier alpha value is -3.64. The summed E-state index contributed by atoms with van der Waals surface area (Å²) in [6, 6.07) is 11.6. The summed E-state index contributed by atoms with van der Waals surface area (Å²) >= 11 is 0. The highest BCUT2D eigenvalue weighted by molar-refractivity contribution is 5.95. The molecule has 0 aliphatic carbocycles. The number of ether oxygens (including phenoxy) is 3. The number of aliphatic hydroxyl groups is 3. The molecule has 1 aliphatic heterocycles. The lowest BCUT2D eigenvalue weighted by Gasteiger charge is -2.39. The summed E-state index contributed by atoms with van der Waals surface area (Å²) in [5.41, 5.74) is 7.99. The van der Waals surface area contributed by atoms with Crippen molar-refractivity contribution in [2.24, 2.45) is 0 Å². The van der Waals surface area contributed by atoms with Gasteiger partial charge in [-0.2, -0.15) is 0 Å². The summed E-state index contributed by atoms with van der Waals surface area (Å²) in [6.07, 6.45) is -4.74. The molecule has 7 N–H and O–H groups in total. The number of aliphatic hydroxyl groups excluding tert-OH is 3. The van der Waals surface area contributed by atoms with E-state index in [1.54, 1.807) is 36.4 Å². The van der Waals surface area contributed by atoms with E-state index in [1.807, 2.05) is 6.20 Å². The number of aromatic amines is 1. The summed E-state index contributed by atoms with van der Waals surface area (Å²) in [6.45, 7) is 1.52. The van der Waals surface area contributed by atoms with Crippen LogP contribution in [-0.4, -0.2) is 76.0 Å². The first-order valence-electron chi connectivity index (χ1n) is 11.5. The fourth-order valence-corrected chi connectivity index (χ4v) is 4.02. The number of hydrogen-bond acceptors (Lipinski definition) is 9. The molecular formula is C25H29N3O8. The molecule has 0 bridgehead atoms. The molecule has 1 saturated heterocycles. The second-order valence-corrected chi connectivity index (χ2v) is 8.57. The van der Waals surface area contributed by atoms with Crippen molar-refractivity contribution in [3.8, 4) is 5.75 Å². The molecule has 1 aliphatic rings. The predicted molar refractivity (Wildman–Crippen MR) is 129 cm³/mol.